The van der Waals surface area contributed by atoms with Gasteiger partial charge in [0, 0.05) is 14.1 Å². The van der Waals surface area contributed by atoms with Crippen molar-refractivity contribution in [1.29, 1.82) is 0 Å². The summed E-state index contributed by atoms with van der Waals surface area (Å²) in [5.74, 6) is 0.903. The molecule has 0 spiro atoms. The normalized spacial score (nSPS) is 11.1. The molecular formula is C12H19NOSSi. The lowest BCUT2D eigenvalue weighted by Gasteiger charge is -2.22. The molecule has 0 radical (unpaired) electrons. The predicted molar refractivity (Wildman–Crippen MR) is 76.3 cm³/mol. The van der Waals surface area contributed by atoms with Crippen LogP contribution in [0.15, 0.2) is 24.3 Å². The van der Waals surface area contributed by atoms with Crippen molar-refractivity contribution in [2.75, 3.05) is 14.1 Å². The third-order valence-electron chi connectivity index (χ3n) is 2.26. The molecule has 0 aliphatic carbocycles. The number of benzene rings is 1. The first-order valence-corrected chi connectivity index (χ1v) is 9.22. The van der Waals surface area contributed by atoms with Gasteiger partial charge in [-0.3, -0.25) is 0 Å². The van der Waals surface area contributed by atoms with E-state index in [4.69, 9.17) is 17.0 Å². The Kier molecular flexibility index (Phi) is 4.10. The number of ether oxygens (including phenoxy) is 1. The van der Waals surface area contributed by atoms with Crippen LogP contribution in [-0.4, -0.2) is 32.2 Å². The van der Waals surface area contributed by atoms with E-state index in [-0.39, 0.29) is 0 Å². The van der Waals surface area contributed by atoms with Crippen molar-refractivity contribution < 1.29 is 4.74 Å². The molecule has 0 saturated heterocycles. The molecule has 0 heterocycles. The van der Waals surface area contributed by atoms with E-state index in [1.807, 2.05) is 26.2 Å². The minimum atomic E-state index is -1.38. The van der Waals surface area contributed by atoms with Gasteiger partial charge in [0.15, 0.2) is 0 Å². The maximum atomic E-state index is 5.73. The molecular weight excluding hydrogens is 234 g/mol. The van der Waals surface area contributed by atoms with Gasteiger partial charge < -0.3 is 9.64 Å². The van der Waals surface area contributed by atoms with Gasteiger partial charge in [-0.2, -0.15) is 0 Å². The zero-order valence-electron chi connectivity index (χ0n) is 10.6. The topological polar surface area (TPSA) is 12.5 Å². The molecule has 0 saturated carbocycles. The lowest BCUT2D eigenvalue weighted by molar-refractivity contribution is 0.451. The first-order valence-electron chi connectivity index (χ1n) is 5.31. The summed E-state index contributed by atoms with van der Waals surface area (Å²) < 4.78 is 5.73. The zero-order chi connectivity index (χ0) is 12.3. The van der Waals surface area contributed by atoms with Gasteiger partial charge in [-0.1, -0.05) is 37.8 Å². The first-order chi connectivity index (χ1) is 7.32. The molecule has 1 aromatic carbocycles. The minimum absolute atomic E-state index is 0.505. The molecule has 88 valence electrons. The van der Waals surface area contributed by atoms with E-state index in [0.29, 0.717) is 5.17 Å². The van der Waals surface area contributed by atoms with Crippen LogP contribution in [0.2, 0.25) is 19.6 Å². The molecule has 0 atom stereocenters. The third-order valence-corrected chi connectivity index (χ3v) is 4.74. The highest BCUT2D eigenvalue weighted by atomic mass is 32.1. The van der Waals surface area contributed by atoms with E-state index in [1.165, 1.54) is 5.19 Å². The van der Waals surface area contributed by atoms with E-state index in [0.717, 1.165) is 5.75 Å². The average molecular weight is 253 g/mol. The summed E-state index contributed by atoms with van der Waals surface area (Å²) in [6.45, 7) is 6.90. The predicted octanol–water partition coefficient (Wildman–Crippen LogP) is 2.46. The fraction of sp³-hybridized carbons (Fsp3) is 0.417. The molecule has 0 fully saturated rings. The minimum Gasteiger partial charge on any atom is -0.432 e. The zero-order valence-corrected chi connectivity index (χ0v) is 12.4. The van der Waals surface area contributed by atoms with Crippen LogP contribution in [0, 0.1) is 0 Å². The molecule has 0 bridgehead atoms. The van der Waals surface area contributed by atoms with Crippen LogP contribution >= 0.6 is 12.2 Å². The number of thiocarbonyl (C=S) groups is 1. The van der Waals surface area contributed by atoms with Crippen LogP contribution in [0.1, 0.15) is 0 Å². The average Bonchev–Trinajstić information content (AvgIpc) is 2.16. The van der Waals surface area contributed by atoms with Crippen molar-refractivity contribution in [3.63, 3.8) is 0 Å². The Balaban J connectivity index is 3.01. The summed E-state index contributed by atoms with van der Waals surface area (Å²) >= 11 is 5.16. The van der Waals surface area contributed by atoms with Crippen molar-refractivity contribution in [3.05, 3.63) is 24.3 Å². The molecule has 0 aliphatic rings. The van der Waals surface area contributed by atoms with Crippen molar-refractivity contribution in [3.8, 4) is 5.75 Å². The van der Waals surface area contributed by atoms with Crippen LogP contribution in [0.5, 0.6) is 5.75 Å². The lowest BCUT2D eigenvalue weighted by atomic mass is 10.3. The van der Waals surface area contributed by atoms with Crippen LogP contribution < -0.4 is 9.92 Å². The highest BCUT2D eigenvalue weighted by Gasteiger charge is 2.21. The first kappa shape index (κ1) is 13.2. The Hall–Kier alpha value is -0.873. The number of rotatable bonds is 2. The molecule has 1 aromatic rings. The SMILES string of the molecule is CN(C)C(=S)Oc1ccccc1[Si](C)(C)C. The van der Waals surface area contributed by atoms with Gasteiger partial charge in [0.2, 0.25) is 0 Å². The lowest BCUT2D eigenvalue weighted by Crippen LogP contribution is -2.39. The molecule has 4 heteroatoms. The van der Waals surface area contributed by atoms with Gasteiger partial charge in [-0.25, -0.2) is 0 Å². The maximum Gasteiger partial charge on any atom is 0.264 e. The van der Waals surface area contributed by atoms with E-state index >= 15 is 0 Å². The van der Waals surface area contributed by atoms with Crippen molar-refractivity contribution in [2.24, 2.45) is 0 Å². The van der Waals surface area contributed by atoms with E-state index in [1.54, 1.807) is 4.90 Å². The Labute approximate surface area is 104 Å². The molecule has 0 aromatic heterocycles. The summed E-state index contributed by atoms with van der Waals surface area (Å²) in [6, 6.07) is 8.17. The van der Waals surface area contributed by atoms with Crippen LogP contribution in [-0.2, 0) is 0 Å². The summed E-state index contributed by atoms with van der Waals surface area (Å²) in [7, 11) is 2.39. The van der Waals surface area contributed by atoms with Gasteiger partial charge in [0.1, 0.15) is 5.75 Å². The van der Waals surface area contributed by atoms with E-state index in [9.17, 15) is 0 Å². The second-order valence-electron chi connectivity index (χ2n) is 5.01. The Morgan fingerprint density at radius 2 is 1.75 bits per heavy atom. The maximum absolute atomic E-state index is 5.73. The van der Waals surface area contributed by atoms with Gasteiger partial charge in [-0.05, 0) is 23.5 Å². The second-order valence-corrected chi connectivity index (χ2v) is 10.4. The fourth-order valence-electron chi connectivity index (χ4n) is 1.36. The van der Waals surface area contributed by atoms with Gasteiger partial charge in [-0.15, -0.1) is 0 Å². The number of nitrogens with zero attached hydrogens (tertiary/aromatic N) is 1. The Morgan fingerprint density at radius 3 is 2.25 bits per heavy atom. The van der Waals surface area contributed by atoms with Crippen molar-refractivity contribution >= 4 is 30.7 Å². The fourth-order valence-corrected chi connectivity index (χ4v) is 2.92. The Morgan fingerprint density at radius 1 is 1.19 bits per heavy atom. The van der Waals surface area contributed by atoms with Gasteiger partial charge in [0.05, 0.1) is 8.07 Å². The monoisotopic (exact) mass is 253 g/mol. The molecule has 0 N–H and O–H groups in total. The number of hydrogen-bond acceptors (Lipinski definition) is 2. The third kappa shape index (κ3) is 3.32. The molecule has 1 rings (SSSR count). The number of para-hydroxylation sites is 1. The number of hydrogen-bond donors (Lipinski definition) is 0. The van der Waals surface area contributed by atoms with Crippen molar-refractivity contribution in [2.45, 2.75) is 19.6 Å². The van der Waals surface area contributed by atoms with E-state index in [2.05, 4.69) is 31.8 Å². The summed E-state index contributed by atoms with van der Waals surface area (Å²) in [6.07, 6.45) is 0. The van der Waals surface area contributed by atoms with Crippen LogP contribution in [0.25, 0.3) is 0 Å². The second kappa shape index (κ2) is 4.97. The molecule has 0 aliphatic heterocycles. The van der Waals surface area contributed by atoms with Crippen molar-refractivity contribution in [1.82, 2.24) is 4.90 Å². The standard InChI is InChI=1S/C12H19NOSSi/c1-13(2)12(15)14-10-8-6-7-9-11(10)16(3,4)5/h6-9H,1-5H3. The highest BCUT2D eigenvalue weighted by Crippen LogP contribution is 2.14. The summed E-state index contributed by atoms with van der Waals surface area (Å²) in [5, 5.41) is 1.81. The highest BCUT2D eigenvalue weighted by molar-refractivity contribution is 7.80. The molecule has 0 unspecified atom stereocenters. The largest absolute Gasteiger partial charge is 0.432 e. The van der Waals surface area contributed by atoms with Crippen LogP contribution in [0.3, 0.4) is 0 Å². The molecule has 0 amide bonds. The van der Waals surface area contributed by atoms with Gasteiger partial charge >= 0.3 is 0 Å². The van der Waals surface area contributed by atoms with Gasteiger partial charge in [0.25, 0.3) is 5.17 Å². The summed E-state index contributed by atoms with van der Waals surface area (Å²) in [4.78, 5) is 1.80. The quantitative estimate of drug-likeness (QED) is 0.593. The summed E-state index contributed by atoms with van der Waals surface area (Å²) in [5.41, 5.74) is 0. The smallest absolute Gasteiger partial charge is 0.264 e. The molecule has 2 nitrogen and oxygen atoms in total. The Bertz CT molecular complexity index is 385. The van der Waals surface area contributed by atoms with E-state index < -0.39 is 8.07 Å². The van der Waals surface area contributed by atoms with Crippen LogP contribution in [0.4, 0.5) is 0 Å². The molecule has 16 heavy (non-hydrogen) atoms.